The van der Waals surface area contributed by atoms with Gasteiger partial charge in [0.1, 0.15) is 0 Å². The van der Waals surface area contributed by atoms with Crippen molar-refractivity contribution in [1.29, 1.82) is 0 Å². The molecule has 21 heavy (non-hydrogen) atoms. The van der Waals surface area contributed by atoms with E-state index in [-0.39, 0.29) is 15.8 Å². The Hall–Kier alpha value is -1.11. The molecule has 1 aromatic carbocycles. The van der Waals surface area contributed by atoms with Crippen LogP contribution in [0.1, 0.15) is 24.2 Å². The minimum Gasteiger partial charge on any atom is -0.351 e. The number of carbonyl (C=O) groups excluding carboxylic acids is 1. The van der Waals surface area contributed by atoms with Gasteiger partial charge in [0, 0.05) is 24.9 Å². The van der Waals surface area contributed by atoms with Crippen LogP contribution in [0.4, 0.5) is 0 Å². The number of nitrogens with one attached hydrogen (secondary N) is 1. The second-order valence-corrected chi connectivity index (χ2v) is 7.09. The van der Waals surface area contributed by atoms with E-state index in [2.05, 4.69) is 24.1 Å². The van der Waals surface area contributed by atoms with E-state index in [4.69, 9.17) is 11.6 Å². The number of sulfone groups is 1. The maximum Gasteiger partial charge on any atom is 0.251 e. The van der Waals surface area contributed by atoms with E-state index in [1.165, 1.54) is 18.2 Å². The summed E-state index contributed by atoms with van der Waals surface area (Å²) in [5.41, 5.74) is 0.291. The van der Waals surface area contributed by atoms with E-state index in [0.717, 1.165) is 25.9 Å². The Kier molecular flexibility index (Phi) is 6.64. The number of hydrogen-bond donors (Lipinski definition) is 1. The Balaban J connectivity index is 2.76. The van der Waals surface area contributed by atoms with Crippen molar-refractivity contribution in [3.05, 3.63) is 28.8 Å². The number of nitrogens with zero attached hydrogens (tertiary/aromatic N) is 1. The fourth-order valence-electron chi connectivity index (χ4n) is 1.90. The topological polar surface area (TPSA) is 66.5 Å². The molecule has 0 aliphatic heterocycles. The Morgan fingerprint density at radius 1 is 1.29 bits per heavy atom. The van der Waals surface area contributed by atoms with Crippen LogP contribution in [0.3, 0.4) is 0 Å². The lowest BCUT2D eigenvalue weighted by molar-refractivity contribution is 0.0948. The van der Waals surface area contributed by atoms with Gasteiger partial charge < -0.3 is 10.2 Å². The summed E-state index contributed by atoms with van der Waals surface area (Å²) in [6.07, 6.45) is 1.07. The van der Waals surface area contributed by atoms with Gasteiger partial charge >= 0.3 is 0 Å². The van der Waals surface area contributed by atoms with Gasteiger partial charge in [0.15, 0.2) is 9.84 Å². The summed E-state index contributed by atoms with van der Waals surface area (Å²) in [4.78, 5) is 14.2. The standard InChI is InChI=1S/C14H21ClN2O3S/c1-4-17(5-2)9-8-16-14(18)11-6-7-12(15)13(10-11)21(3,19)20/h6-7,10H,4-5,8-9H2,1-3H3,(H,16,18). The molecule has 0 saturated carbocycles. The Bertz CT molecular complexity index is 598. The van der Waals surface area contributed by atoms with Crippen molar-refractivity contribution in [2.75, 3.05) is 32.4 Å². The Morgan fingerprint density at radius 2 is 1.90 bits per heavy atom. The van der Waals surface area contributed by atoms with Gasteiger partial charge in [-0.05, 0) is 31.3 Å². The van der Waals surface area contributed by atoms with E-state index >= 15 is 0 Å². The van der Waals surface area contributed by atoms with E-state index in [9.17, 15) is 13.2 Å². The normalized spacial score (nSPS) is 11.7. The first-order valence-corrected chi connectivity index (χ1v) is 9.06. The first-order valence-electron chi connectivity index (χ1n) is 6.79. The first-order chi connectivity index (χ1) is 9.79. The quantitative estimate of drug-likeness (QED) is 0.827. The maximum absolute atomic E-state index is 12.0. The van der Waals surface area contributed by atoms with Gasteiger partial charge in [-0.2, -0.15) is 0 Å². The van der Waals surface area contributed by atoms with Crippen LogP contribution < -0.4 is 5.32 Å². The summed E-state index contributed by atoms with van der Waals surface area (Å²) < 4.78 is 23.2. The molecule has 0 radical (unpaired) electrons. The van der Waals surface area contributed by atoms with Crippen LogP contribution in [0, 0.1) is 0 Å². The van der Waals surface area contributed by atoms with Gasteiger partial charge in [0.2, 0.25) is 0 Å². The van der Waals surface area contributed by atoms with Crippen LogP contribution in [0.25, 0.3) is 0 Å². The molecule has 0 fully saturated rings. The maximum atomic E-state index is 12.0. The lowest BCUT2D eigenvalue weighted by Crippen LogP contribution is -2.34. The van der Waals surface area contributed by atoms with Crippen molar-refractivity contribution in [3.8, 4) is 0 Å². The number of benzene rings is 1. The molecule has 0 atom stereocenters. The average molecular weight is 333 g/mol. The number of halogens is 1. The molecule has 7 heteroatoms. The monoisotopic (exact) mass is 332 g/mol. The molecule has 1 rings (SSSR count). The first kappa shape index (κ1) is 17.9. The number of rotatable bonds is 7. The Labute approximate surface area is 131 Å². The largest absolute Gasteiger partial charge is 0.351 e. The third kappa shape index (κ3) is 5.30. The zero-order chi connectivity index (χ0) is 16.0. The van der Waals surface area contributed by atoms with Crippen LogP contribution in [0.15, 0.2) is 23.1 Å². The predicted octanol–water partition coefficient (Wildman–Crippen LogP) is 1.82. The van der Waals surface area contributed by atoms with Crippen LogP contribution in [-0.4, -0.2) is 51.7 Å². The van der Waals surface area contributed by atoms with Crippen LogP contribution in [0.5, 0.6) is 0 Å². The number of amides is 1. The van der Waals surface area contributed by atoms with E-state index in [0.29, 0.717) is 12.1 Å². The fourth-order valence-corrected chi connectivity index (χ4v) is 3.20. The lowest BCUT2D eigenvalue weighted by Gasteiger charge is -2.18. The van der Waals surface area contributed by atoms with Crippen molar-refractivity contribution in [2.24, 2.45) is 0 Å². The molecule has 0 aliphatic carbocycles. The van der Waals surface area contributed by atoms with E-state index in [1.807, 2.05) is 0 Å². The molecule has 0 saturated heterocycles. The molecule has 0 spiro atoms. The van der Waals surface area contributed by atoms with Gasteiger partial charge in [-0.1, -0.05) is 25.4 Å². The molecule has 1 N–H and O–H groups in total. The smallest absolute Gasteiger partial charge is 0.251 e. The minimum atomic E-state index is -3.45. The summed E-state index contributed by atoms with van der Waals surface area (Å²) in [7, 11) is -3.45. The minimum absolute atomic E-state index is 0.0273. The zero-order valence-corrected chi connectivity index (χ0v) is 14.1. The van der Waals surface area contributed by atoms with Crippen molar-refractivity contribution in [1.82, 2.24) is 10.2 Å². The zero-order valence-electron chi connectivity index (χ0n) is 12.5. The molecule has 0 unspecified atom stereocenters. The fraction of sp³-hybridized carbons (Fsp3) is 0.500. The molecule has 0 aliphatic rings. The molecule has 0 heterocycles. The highest BCUT2D eigenvalue weighted by Crippen LogP contribution is 2.22. The molecule has 5 nitrogen and oxygen atoms in total. The SMILES string of the molecule is CCN(CC)CCNC(=O)c1ccc(Cl)c(S(C)(=O)=O)c1. The third-order valence-electron chi connectivity index (χ3n) is 3.20. The number of carbonyl (C=O) groups is 1. The lowest BCUT2D eigenvalue weighted by atomic mass is 10.2. The van der Waals surface area contributed by atoms with E-state index in [1.54, 1.807) is 0 Å². The summed E-state index contributed by atoms with van der Waals surface area (Å²) in [5, 5.41) is 2.90. The van der Waals surface area contributed by atoms with Crippen molar-refractivity contribution < 1.29 is 13.2 Å². The molecular weight excluding hydrogens is 312 g/mol. The molecule has 0 aromatic heterocycles. The third-order valence-corrected chi connectivity index (χ3v) is 4.78. The highest BCUT2D eigenvalue weighted by molar-refractivity contribution is 7.90. The van der Waals surface area contributed by atoms with Gasteiger partial charge in [0.05, 0.1) is 9.92 Å². The van der Waals surface area contributed by atoms with Crippen molar-refractivity contribution >= 4 is 27.3 Å². The molecule has 1 amide bonds. The summed E-state index contributed by atoms with van der Waals surface area (Å²) in [5.74, 6) is -0.302. The highest BCUT2D eigenvalue weighted by atomic mass is 35.5. The van der Waals surface area contributed by atoms with E-state index < -0.39 is 9.84 Å². The van der Waals surface area contributed by atoms with Crippen LogP contribution in [-0.2, 0) is 9.84 Å². The van der Waals surface area contributed by atoms with Crippen molar-refractivity contribution in [3.63, 3.8) is 0 Å². The molecular formula is C14H21ClN2O3S. The summed E-state index contributed by atoms with van der Waals surface area (Å²) in [6, 6.07) is 4.26. The molecule has 118 valence electrons. The molecule has 1 aromatic rings. The predicted molar refractivity (Wildman–Crippen MR) is 84.7 cm³/mol. The second-order valence-electron chi connectivity index (χ2n) is 4.70. The van der Waals surface area contributed by atoms with Crippen LogP contribution in [0.2, 0.25) is 5.02 Å². The Morgan fingerprint density at radius 3 is 2.43 bits per heavy atom. The van der Waals surface area contributed by atoms with Gasteiger partial charge in [-0.15, -0.1) is 0 Å². The average Bonchev–Trinajstić information content (AvgIpc) is 2.42. The van der Waals surface area contributed by atoms with Crippen molar-refractivity contribution in [2.45, 2.75) is 18.7 Å². The van der Waals surface area contributed by atoms with Gasteiger partial charge in [-0.25, -0.2) is 8.42 Å². The molecule has 0 bridgehead atoms. The summed E-state index contributed by atoms with van der Waals surface area (Å²) >= 11 is 5.85. The highest BCUT2D eigenvalue weighted by Gasteiger charge is 2.15. The summed E-state index contributed by atoms with van der Waals surface area (Å²) in [6.45, 7) is 7.23. The second kappa shape index (κ2) is 7.77. The van der Waals surface area contributed by atoms with Gasteiger partial charge in [-0.3, -0.25) is 4.79 Å². The van der Waals surface area contributed by atoms with Crippen LogP contribution >= 0.6 is 11.6 Å². The number of hydrogen-bond acceptors (Lipinski definition) is 4. The number of likely N-dealkylation sites (N-methyl/N-ethyl adjacent to an activating group) is 1. The van der Waals surface area contributed by atoms with Gasteiger partial charge in [0.25, 0.3) is 5.91 Å².